The van der Waals surface area contributed by atoms with Gasteiger partial charge in [-0.25, -0.2) is 0 Å². The van der Waals surface area contributed by atoms with Crippen molar-refractivity contribution in [2.75, 3.05) is 13.2 Å². The lowest BCUT2D eigenvalue weighted by molar-refractivity contribution is 0.0953. The van der Waals surface area contributed by atoms with Crippen LogP contribution in [0, 0.1) is 0 Å². The lowest BCUT2D eigenvalue weighted by Crippen LogP contribution is -2.24. The van der Waals surface area contributed by atoms with Crippen molar-refractivity contribution in [1.82, 2.24) is 10.3 Å². The average molecular weight is 243 g/mol. The minimum Gasteiger partial charge on any atom is -0.396 e. The summed E-state index contributed by atoms with van der Waals surface area (Å²) in [6.45, 7) is 0.793. The number of aliphatic hydroxyl groups is 1. The number of hydrogen-bond donors (Lipinski definition) is 2. The molecule has 0 saturated heterocycles. The quantitative estimate of drug-likeness (QED) is 0.746. The van der Waals surface area contributed by atoms with E-state index in [1.54, 1.807) is 6.07 Å². The molecule has 4 nitrogen and oxygen atoms in total. The van der Waals surface area contributed by atoms with E-state index in [0.29, 0.717) is 17.1 Å². The summed E-state index contributed by atoms with van der Waals surface area (Å²) in [6.07, 6.45) is 5.51. The van der Waals surface area contributed by atoms with E-state index < -0.39 is 0 Å². The zero-order valence-corrected chi connectivity index (χ0v) is 9.70. The van der Waals surface area contributed by atoms with Crippen LogP contribution in [0.5, 0.6) is 0 Å². The Labute approximate surface area is 99.6 Å². The van der Waals surface area contributed by atoms with E-state index in [1.807, 2.05) is 0 Å². The summed E-state index contributed by atoms with van der Waals surface area (Å²) < 4.78 is 0. The SMILES string of the molecule is O=C(NCCCCCO)c1ccncc1Cl. The Morgan fingerprint density at radius 2 is 2.25 bits per heavy atom. The maximum atomic E-state index is 11.6. The average Bonchev–Trinajstić information content (AvgIpc) is 2.29. The molecule has 0 aliphatic carbocycles. The summed E-state index contributed by atoms with van der Waals surface area (Å²) in [5, 5.41) is 11.7. The number of pyridine rings is 1. The molecule has 88 valence electrons. The molecule has 2 N–H and O–H groups in total. The molecule has 1 aromatic rings. The van der Waals surface area contributed by atoms with Gasteiger partial charge in [-0.15, -0.1) is 0 Å². The minimum atomic E-state index is -0.184. The second-order valence-corrected chi connectivity index (χ2v) is 3.80. The molecule has 0 radical (unpaired) electrons. The van der Waals surface area contributed by atoms with Gasteiger partial charge in [0.1, 0.15) is 0 Å². The van der Waals surface area contributed by atoms with Crippen LogP contribution in [0.4, 0.5) is 0 Å². The molecule has 0 saturated carbocycles. The van der Waals surface area contributed by atoms with Gasteiger partial charge in [-0.05, 0) is 25.3 Å². The number of nitrogens with zero attached hydrogens (tertiary/aromatic N) is 1. The maximum absolute atomic E-state index is 11.6. The molecule has 1 amide bonds. The number of aromatic nitrogens is 1. The Morgan fingerprint density at radius 1 is 1.44 bits per heavy atom. The number of hydrogen-bond acceptors (Lipinski definition) is 3. The highest BCUT2D eigenvalue weighted by Gasteiger charge is 2.08. The lowest BCUT2D eigenvalue weighted by atomic mass is 10.2. The van der Waals surface area contributed by atoms with Crippen LogP contribution in [0.1, 0.15) is 29.6 Å². The Morgan fingerprint density at radius 3 is 2.94 bits per heavy atom. The number of rotatable bonds is 6. The lowest BCUT2D eigenvalue weighted by Gasteiger charge is -2.05. The third-order valence-electron chi connectivity index (χ3n) is 2.14. The molecular weight excluding hydrogens is 228 g/mol. The van der Waals surface area contributed by atoms with Gasteiger partial charge in [0.05, 0.1) is 10.6 Å². The van der Waals surface area contributed by atoms with E-state index in [4.69, 9.17) is 16.7 Å². The molecular formula is C11H15ClN2O2. The van der Waals surface area contributed by atoms with Crippen LogP contribution in [-0.2, 0) is 0 Å². The van der Waals surface area contributed by atoms with Gasteiger partial charge < -0.3 is 10.4 Å². The van der Waals surface area contributed by atoms with Gasteiger partial charge in [-0.1, -0.05) is 11.6 Å². The summed E-state index contributed by atoms with van der Waals surface area (Å²) >= 11 is 5.83. The van der Waals surface area contributed by atoms with Crippen molar-refractivity contribution in [3.05, 3.63) is 29.0 Å². The summed E-state index contributed by atoms with van der Waals surface area (Å²) in [5.74, 6) is -0.184. The summed E-state index contributed by atoms with van der Waals surface area (Å²) in [5.41, 5.74) is 0.443. The summed E-state index contributed by atoms with van der Waals surface area (Å²) in [6, 6.07) is 1.59. The van der Waals surface area contributed by atoms with E-state index in [9.17, 15) is 4.79 Å². The zero-order chi connectivity index (χ0) is 11.8. The molecule has 1 aromatic heterocycles. The number of unbranched alkanes of at least 4 members (excludes halogenated alkanes) is 2. The predicted octanol–water partition coefficient (Wildman–Crippen LogP) is 1.63. The highest BCUT2D eigenvalue weighted by molar-refractivity contribution is 6.33. The number of amides is 1. The first-order valence-electron chi connectivity index (χ1n) is 5.24. The van der Waals surface area contributed by atoms with Crippen LogP contribution >= 0.6 is 11.6 Å². The third kappa shape index (κ3) is 4.16. The van der Waals surface area contributed by atoms with Crippen molar-refractivity contribution < 1.29 is 9.90 Å². The summed E-state index contributed by atoms with van der Waals surface area (Å²) in [7, 11) is 0. The molecule has 0 atom stereocenters. The van der Waals surface area contributed by atoms with Gasteiger partial charge >= 0.3 is 0 Å². The molecule has 0 spiro atoms. The Kier molecular flexibility index (Phi) is 5.82. The third-order valence-corrected chi connectivity index (χ3v) is 2.44. The summed E-state index contributed by atoms with van der Waals surface area (Å²) in [4.78, 5) is 15.4. The second-order valence-electron chi connectivity index (χ2n) is 3.40. The number of halogens is 1. The van der Waals surface area contributed by atoms with E-state index in [1.165, 1.54) is 12.4 Å². The first-order chi connectivity index (χ1) is 7.75. The molecule has 0 unspecified atom stereocenters. The Balaban J connectivity index is 2.33. The van der Waals surface area contributed by atoms with Crippen LogP contribution in [0.2, 0.25) is 5.02 Å². The molecule has 16 heavy (non-hydrogen) atoms. The molecule has 0 aromatic carbocycles. The fourth-order valence-electron chi connectivity index (χ4n) is 1.27. The van der Waals surface area contributed by atoms with E-state index in [2.05, 4.69) is 10.3 Å². The van der Waals surface area contributed by atoms with E-state index >= 15 is 0 Å². The number of carbonyl (C=O) groups is 1. The molecule has 1 heterocycles. The van der Waals surface area contributed by atoms with Crippen molar-refractivity contribution in [3.8, 4) is 0 Å². The van der Waals surface area contributed by atoms with Crippen LogP contribution in [0.25, 0.3) is 0 Å². The largest absolute Gasteiger partial charge is 0.396 e. The normalized spacial score (nSPS) is 10.1. The van der Waals surface area contributed by atoms with Gasteiger partial charge in [-0.2, -0.15) is 0 Å². The number of carbonyl (C=O) groups excluding carboxylic acids is 1. The van der Waals surface area contributed by atoms with Gasteiger partial charge in [0, 0.05) is 25.5 Å². The molecule has 5 heteroatoms. The minimum absolute atomic E-state index is 0.184. The Bertz CT molecular complexity index is 345. The second kappa shape index (κ2) is 7.19. The van der Waals surface area contributed by atoms with Crippen molar-refractivity contribution >= 4 is 17.5 Å². The monoisotopic (exact) mass is 242 g/mol. The first-order valence-corrected chi connectivity index (χ1v) is 5.62. The fourth-order valence-corrected chi connectivity index (χ4v) is 1.48. The molecule has 0 aliphatic rings. The van der Waals surface area contributed by atoms with Crippen LogP contribution < -0.4 is 5.32 Å². The van der Waals surface area contributed by atoms with E-state index in [0.717, 1.165) is 19.3 Å². The van der Waals surface area contributed by atoms with Crippen molar-refractivity contribution in [2.24, 2.45) is 0 Å². The number of nitrogens with one attached hydrogen (secondary N) is 1. The first kappa shape index (κ1) is 12.9. The van der Waals surface area contributed by atoms with Gasteiger partial charge in [0.25, 0.3) is 5.91 Å². The predicted molar refractivity (Wildman–Crippen MR) is 62.5 cm³/mol. The standard InChI is InChI=1S/C11H15ClN2O2/c12-10-8-13-6-4-9(10)11(16)14-5-2-1-3-7-15/h4,6,8,15H,1-3,5,7H2,(H,14,16). The fraction of sp³-hybridized carbons (Fsp3) is 0.455. The molecule has 0 fully saturated rings. The maximum Gasteiger partial charge on any atom is 0.252 e. The molecule has 1 rings (SSSR count). The van der Waals surface area contributed by atoms with Gasteiger partial charge in [0.2, 0.25) is 0 Å². The highest BCUT2D eigenvalue weighted by atomic mass is 35.5. The van der Waals surface area contributed by atoms with Crippen molar-refractivity contribution in [2.45, 2.75) is 19.3 Å². The van der Waals surface area contributed by atoms with Crippen molar-refractivity contribution in [1.29, 1.82) is 0 Å². The number of aliphatic hydroxyl groups excluding tert-OH is 1. The Hall–Kier alpha value is -1.13. The topological polar surface area (TPSA) is 62.2 Å². The van der Waals surface area contributed by atoms with Crippen molar-refractivity contribution in [3.63, 3.8) is 0 Å². The molecule has 0 bridgehead atoms. The van der Waals surface area contributed by atoms with Gasteiger partial charge in [-0.3, -0.25) is 9.78 Å². The molecule has 0 aliphatic heterocycles. The zero-order valence-electron chi connectivity index (χ0n) is 8.95. The van der Waals surface area contributed by atoms with Crippen LogP contribution in [0.3, 0.4) is 0 Å². The highest BCUT2D eigenvalue weighted by Crippen LogP contribution is 2.12. The smallest absolute Gasteiger partial charge is 0.252 e. The van der Waals surface area contributed by atoms with Gasteiger partial charge in [0.15, 0.2) is 0 Å². The van der Waals surface area contributed by atoms with E-state index in [-0.39, 0.29) is 12.5 Å². The van der Waals surface area contributed by atoms with Crippen LogP contribution in [-0.4, -0.2) is 29.1 Å². The van der Waals surface area contributed by atoms with Crippen LogP contribution in [0.15, 0.2) is 18.5 Å².